The van der Waals surface area contributed by atoms with Gasteiger partial charge in [-0.2, -0.15) is 5.10 Å². The minimum atomic E-state index is -0.0402. The Hall–Kier alpha value is -1.85. The summed E-state index contributed by atoms with van der Waals surface area (Å²) >= 11 is 6.26. The van der Waals surface area contributed by atoms with E-state index in [1.807, 2.05) is 29.2 Å². The molecular formula is C17H21ClN4O. The highest BCUT2D eigenvalue weighted by Gasteiger charge is 2.20. The first kappa shape index (κ1) is 16.0. The topological polar surface area (TPSA) is 52.2 Å². The number of amides is 1. The van der Waals surface area contributed by atoms with Gasteiger partial charge in [0.2, 0.25) is 0 Å². The second kappa shape index (κ2) is 7.62. The molecule has 1 N–H and O–H groups in total. The number of H-pyrrole nitrogens is 1. The van der Waals surface area contributed by atoms with E-state index < -0.39 is 0 Å². The monoisotopic (exact) mass is 332 g/mol. The van der Waals surface area contributed by atoms with Gasteiger partial charge < -0.3 is 9.80 Å². The lowest BCUT2D eigenvalue weighted by Gasteiger charge is -2.25. The smallest absolute Gasteiger partial charge is 0.272 e. The molecule has 1 aliphatic rings. The first-order valence-corrected chi connectivity index (χ1v) is 8.36. The number of carbonyl (C=O) groups is 1. The summed E-state index contributed by atoms with van der Waals surface area (Å²) in [5.74, 6) is -0.0402. The molecule has 1 amide bonds. The molecule has 2 aromatic rings. The van der Waals surface area contributed by atoms with Crippen molar-refractivity contribution < 1.29 is 4.79 Å². The van der Waals surface area contributed by atoms with E-state index in [0.29, 0.717) is 23.8 Å². The second-order valence-electron chi connectivity index (χ2n) is 5.84. The number of nitrogens with one attached hydrogen (secondary N) is 1. The van der Waals surface area contributed by atoms with Gasteiger partial charge >= 0.3 is 0 Å². The highest BCUT2D eigenvalue weighted by molar-refractivity contribution is 6.31. The molecule has 0 bridgehead atoms. The molecule has 122 valence electrons. The lowest BCUT2D eigenvalue weighted by Crippen LogP contribution is -2.37. The van der Waals surface area contributed by atoms with Crippen LogP contribution in [0.4, 0.5) is 0 Å². The van der Waals surface area contributed by atoms with Crippen LogP contribution in [0.5, 0.6) is 0 Å². The fraction of sp³-hybridized carbons (Fsp3) is 0.412. The van der Waals surface area contributed by atoms with Crippen molar-refractivity contribution in [1.29, 1.82) is 0 Å². The molecule has 0 spiro atoms. The lowest BCUT2D eigenvalue weighted by molar-refractivity contribution is 0.0721. The van der Waals surface area contributed by atoms with Gasteiger partial charge in [-0.3, -0.25) is 9.89 Å². The number of rotatable bonds is 6. The minimum Gasteiger partial charge on any atom is -0.332 e. The van der Waals surface area contributed by atoms with E-state index in [1.54, 1.807) is 12.3 Å². The third kappa shape index (κ3) is 4.12. The number of aromatic nitrogens is 2. The highest BCUT2D eigenvalue weighted by Crippen LogP contribution is 2.18. The molecule has 1 aromatic heterocycles. The van der Waals surface area contributed by atoms with Crippen molar-refractivity contribution in [2.75, 3.05) is 26.2 Å². The predicted octanol–water partition coefficient (Wildman–Crippen LogP) is 2.80. The van der Waals surface area contributed by atoms with Crippen LogP contribution in [0.3, 0.4) is 0 Å². The van der Waals surface area contributed by atoms with E-state index >= 15 is 0 Å². The molecule has 1 aliphatic heterocycles. The van der Waals surface area contributed by atoms with Gasteiger partial charge in [0.25, 0.3) is 5.91 Å². The molecule has 23 heavy (non-hydrogen) atoms. The zero-order valence-corrected chi connectivity index (χ0v) is 13.8. The average molecular weight is 333 g/mol. The summed E-state index contributed by atoms with van der Waals surface area (Å²) in [6.07, 6.45) is 4.10. The number of hydrogen-bond donors (Lipinski definition) is 1. The minimum absolute atomic E-state index is 0.0402. The predicted molar refractivity (Wildman–Crippen MR) is 90.5 cm³/mol. The van der Waals surface area contributed by atoms with Crippen molar-refractivity contribution in [1.82, 2.24) is 20.0 Å². The summed E-state index contributed by atoms with van der Waals surface area (Å²) in [6.45, 7) is 4.33. The summed E-state index contributed by atoms with van der Waals surface area (Å²) < 4.78 is 0. The van der Waals surface area contributed by atoms with Crippen LogP contribution in [0.15, 0.2) is 36.5 Å². The molecule has 1 aromatic carbocycles. The molecule has 0 saturated carbocycles. The average Bonchev–Trinajstić information content (AvgIpc) is 3.25. The van der Waals surface area contributed by atoms with Crippen LogP contribution < -0.4 is 0 Å². The van der Waals surface area contributed by atoms with E-state index in [2.05, 4.69) is 15.1 Å². The number of hydrogen-bond acceptors (Lipinski definition) is 3. The number of likely N-dealkylation sites (tertiary alicyclic amines) is 1. The van der Waals surface area contributed by atoms with Crippen molar-refractivity contribution in [2.45, 2.75) is 19.4 Å². The molecule has 5 nitrogen and oxygen atoms in total. The number of halogens is 1. The zero-order valence-electron chi connectivity index (χ0n) is 13.0. The first-order chi connectivity index (χ1) is 11.2. The van der Waals surface area contributed by atoms with Crippen LogP contribution in [0.25, 0.3) is 0 Å². The Morgan fingerprint density at radius 1 is 1.26 bits per heavy atom. The summed E-state index contributed by atoms with van der Waals surface area (Å²) in [5, 5.41) is 7.33. The van der Waals surface area contributed by atoms with Gasteiger partial charge in [0.15, 0.2) is 0 Å². The van der Waals surface area contributed by atoms with E-state index in [0.717, 1.165) is 25.2 Å². The summed E-state index contributed by atoms with van der Waals surface area (Å²) in [4.78, 5) is 17.0. The molecule has 0 unspecified atom stereocenters. The molecule has 3 rings (SSSR count). The van der Waals surface area contributed by atoms with Crippen LogP contribution in [0, 0.1) is 0 Å². The van der Waals surface area contributed by atoms with Gasteiger partial charge in [0.1, 0.15) is 5.69 Å². The van der Waals surface area contributed by atoms with E-state index in [1.165, 1.54) is 12.8 Å². The third-order valence-corrected chi connectivity index (χ3v) is 4.59. The van der Waals surface area contributed by atoms with Gasteiger partial charge in [-0.05, 0) is 43.6 Å². The van der Waals surface area contributed by atoms with Crippen molar-refractivity contribution in [3.8, 4) is 0 Å². The van der Waals surface area contributed by atoms with E-state index in [-0.39, 0.29) is 5.91 Å². The fourth-order valence-electron chi connectivity index (χ4n) is 2.90. The first-order valence-electron chi connectivity index (χ1n) is 7.98. The number of nitrogens with zero attached hydrogens (tertiary/aromatic N) is 3. The maximum atomic E-state index is 12.7. The third-order valence-electron chi connectivity index (χ3n) is 4.22. The van der Waals surface area contributed by atoms with Crippen LogP contribution >= 0.6 is 11.6 Å². The maximum Gasteiger partial charge on any atom is 0.272 e. The second-order valence-corrected chi connectivity index (χ2v) is 6.24. The molecule has 6 heteroatoms. The van der Waals surface area contributed by atoms with Gasteiger partial charge in [-0.1, -0.05) is 29.8 Å². The Morgan fingerprint density at radius 3 is 2.74 bits per heavy atom. The molecular weight excluding hydrogens is 312 g/mol. The summed E-state index contributed by atoms with van der Waals surface area (Å²) in [6, 6.07) is 9.37. The zero-order chi connectivity index (χ0) is 16.1. The van der Waals surface area contributed by atoms with E-state index in [4.69, 9.17) is 11.6 Å². The van der Waals surface area contributed by atoms with Crippen molar-refractivity contribution in [3.05, 3.63) is 52.8 Å². The Morgan fingerprint density at radius 2 is 2.04 bits per heavy atom. The number of benzene rings is 1. The molecule has 2 heterocycles. The van der Waals surface area contributed by atoms with Crippen molar-refractivity contribution >= 4 is 17.5 Å². The summed E-state index contributed by atoms with van der Waals surface area (Å²) in [5.41, 5.74) is 1.47. The quantitative estimate of drug-likeness (QED) is 0.885. The van der Waals surface area contributed by atoms with E-state index in [9.17, 15) is 4.79 Å². The molecule has 0 aliphatic carbocycles. The fourth-order valence-corrected chi connectivity index (χ4v) is 3.09. The van der Waals surface area contributed by atoms with Gasteiger partial charge in [-0.15, -0.1) is 0 Å². The highest BCUT2D eigenvalue weighted by atomic mass is 35.5. The Balaban J connectivity index is 1.72. The Kier molecular flexibility index (Phi) is 5.31. The van der Waals surface area contributed by atoms with Gasteiger partial charge in [0, 0.05) is 30.9 Å². The van der Waals surface area contributed by atoms with Crippen LogP contribution in [0.2, 0.25) is 5.02 Å². The SMILES string of the molecule is O=C(c1ccn[nH]1)N(CCN1CCCC1)Cc1ccccc1Cl. The van der Waals surface area contributed by atoms with Crippen molar-refractivity contribution in [2.24, 2.45) is 0 Å². The molecule has 0 atom stereocenters. The van der Waals surface area contributed by atoms with Gasteiger partial charge in [0.05, 0.1) is 0 Å². The summed E-state index contributed by atoms with van der Waals surface area (Å²) in [7, 11) is 0. The van der Waals surface area contributed by atoms with Gasteiger partial charge in [-0.25, -0.2) is 0 Å². The largest absolute Gasteiger partial charge is 0.332 e. The number of aromatic amines is 1. The van der Waals surface area contributed by atoms with Crippen LogP contribution in [-0.2, 0) is 6.54 Å². The Bertz CT molecular complexity index is 638. The van der Waals surface area contributed by atoms with Crippen LogP contribution in [-0.4, -0.2) is 52.1 Å². The Labute approximate surface area is 141 Å². The molecule has 0 radical (unpaired) electrons. The lowest BCUT2D eigenvalue weighted by atomic mass is 10.2. The maximum absolute atomic E-state index is 12.7. The molecule has 1 saturated heterocycles. The van der Waals surface area contributed by atoms with Crippen LogP contribution in [0.1, 0.15) is 28.9 Å². The number of carbonyl (C=O) groups excluding carboxylic acids is 1. The van der Waals surface area contributed by atoms with Crippen molar-refractivity contribution in [3.63, 3.8) is 0 Å². The normalized spacial score (nSPS) is 15.0. The molecule has 1 fully saturated rings. The standard InChI is InChI=1S/C17H21ClN4O/c18-15-6-2-1-5-14(15)13-22(12-11-21-9-3-4-10-21)17(23)16-7-8-19-20-16/h1-2,5-8H,3-4,9-13H2,(H,19,20).